The molecule has 0 aliphatic rings. The van der Waals surface area contributed by atoms with Gasteiger partial charge in [0.1, 0.15) is 0 Å². The first-order valence-electron chi connectivity index (χ1n) is 7.16. The summed E-state index contributed by atoms with van der Waals surface area (Å²) in [4.78, 5) is 16.4. The third kappa shape index (κ3) is 4.15. The average molecular weight is 282 g/mol. The molecule has 1 heterocycles. The number of pyridine rings is 1. The van der Waals surface area contributed by atoms with E-state index in [-0.39, 0.29) is 11.3 Å². The van der Waals surface area contributed by atoms with Crippen molar-refractivity contribution in [3.63, 3.8) is 0 Å². The molecule has 1 amide bonds. The van der Waals surface area contributed by atoms with E-state index >= 15 is 0 Å². The summed E-state index contributed by atoms with van der Waals surface area (Å²) >= 11 is 0. The first-order chi connectivity index (χ1) is 9.86. The fourth-order valence-electron chi connectivity index (χ4n) is 2.09. The minimum atomic E-state index is -0.0706. The van der Waals surface area contributed by atoms with Gasteiger partial charge in [0.2, 0.25) is 0 Å². The molecule has 0 radical (unpaired) electrons. The molecule has 21 heavy (non-hydrogen) atoms. The third-order valence-corrected chi connectivity index (χ3v) is 3.42. The molecule has 0 bridgehead atoms. The molecule has 0 fully saturated rings. The van der Waals surface area contributed by atoms with Crippen LogP contribution in [0.3, 0.4) is 0 Å². The fourth-order valence-corrected chi connectivity index (χ4v) is 2.09. The van der Waals surface area contributed by atoms with Gasteiger partial charge in [0.15, 0.2) is 0 Å². The van der Waals surface area contributed by atoms with Gasteiger partial charge in [-0.05, 0) is 47.7 Å². The number of nitrogens with one attached hydrogen (secondary N) is 1. The lowest BCUT2D eigenvalue weighted by molar-refractivity contribution is 0.0950. The zero-order valence-electron chi connectivity index (χ0n) is 13.1. The van der Waals surface area contributed by atoms with Gasteiger partial charge in [0.25, 0.3) is 5.91 Å². The Labute approximate surface area is 126 Å². The normalized spacial score (nSPS) is 11.2. The van der Waals surface area contributed by atoms with Gasteiger partial charge in [0, 0.05) is 11.8 Å². The Hall–Kier alpha value is -2.16. The highest BCUT2D eigenvalue weighted by Crippen LogP contribution is 2.22. The molecule has 0 aliphatic carbocycles. The maximum absolute atomic E-state index is 12.1. The van der Waals surface area contributed by atoms with E-state index in [1.54, 1.807) is 6.20 Å². The number of benzene rings is 1. The van der Waals surface area contributed by atoms with Gasteiger partial charge in [-0.1, -0.05) is 32.9 Å². The van der Waals surface area contributed by atoms with E-state index in [0.29, 0.717) is 12.1 Å². The SMILES string of the molecule is Cc1ccnc(CNC(=O)c2ccc(C(C)(C)C)cc2)c1. The highest BCUT2D eigenvalue weighted by molar-refractivity contribution is 5.94. The summed E-state index contributed by atoms with van der Waals surface area (Å²) in [6, 6.07) is 11.7. The van der Waals surface area contributed by atoms with Gasteiger partial charge < -0.3 is 5.32 Å². The van der Waals surface area contributed by atoms with E-state index in [1.165, 1.54) is 5.56 Å². The molecule has 0 spiro atoms. The summed E-state index contributed by atoms with van der Waals surface area (Å²) in [6.07, 6.45) is 1.76. The van der Waals surface area contributed by atoms with Crippen molar-refractivity contribution in [1.82, 2.24) is 10.3 Å². The molecule has 3 nitrogen and oxygen atoms in total. The molecule has 1 N–H and O–H groups in total. The Morgan fingerprint density at radius 1 is 1.14 bits per heavy atom. The number of nitrogens with zero attached hydrogens (tertiary/aromatic N) is 1. The van der Waals surface area contributed by atoms with Crippen LogP contribution in [0.4, 0.5) is 0 Å². The topological polar surface area (TPSA) is 42.0 Å². The smallest absolute Gasteiger partial charge is 0.251 e. The second kappa shape index (κ2) is 6.08. The van der Waals surface area contributed by atoms with Gasteiger partial charge in [-0.3, -0.25) is 9.78 Å². The summed E-state index contributed by atoms with van der Waals surface area (Å²) in [5.41, 5.74) is 4.01. The lowest BCUT2D eigenvalue weighted by Gasteiger charge is -2.19. The van der Waals surface area contributed by atoms with Crippen LogP contribution < -0.4 is 5.32 Å². The van der Waals surface area contributed by atoms with E-state index in [0.717, 1.165) is 11.3 Å². The monoisotopic (exact) mass is 282 g/mol. The van der Waals surface area contributed by atoms with Crippen LogP contribution in [0.25, 0.3) is 0 Å². The minimum absolute atomic E-state index is 0.0706. The van der Waals surface area contributed by atoms with Crippen LogP contribution in [0, 0.1) is 6.92 Å². The maximum Gasteiger partial charge on any atom is 0.251 e. The highest BCUT2D eigenvalue weighted by Gasteiger charge is 2.14. The first kappa shape index (κ1) is 15.2. The quantitative estimate of drug-likeness (QED) is 0.934. The zero-order chi connectivity index (χ0) is 15.5. The molecule has 3 heteroatoms. The van der Waals surface area contributed by atoms with E-state index in [1.807, 2.05) is 43.3 Å². The molecule has 1 aromatic heterocycles. The third-order valence-electron chi connectivity index (χ3n) is 3.42. The fraction of sp³-hybridized carbons (Fsp3) is 0.333. The molecular formula is C18H22N2O. The Morgan fingerprint density at radius 2 is 1.81 bits per heavy atom. The van der Waals surface area contributed by atoms with Crippen LogP contribution in [0.1, 0.15) is 48.0 Å². The van der Waals surface area contributed by atoms with Crippen molar-refractivity contribution in [3.05, 3.63) is 65.0 Å². The lowest BCUT2D eigenvalue weighted by Crippen LogP contribution is -2.23. The number of hydrogen-bond donors (Lipinski definition) is 1. The van der Waals surface area contributed by atoms with Gasteiger partial charge in [-0.25, -0.2) is 0 Å². The van der Waals surface area contributed by atoms with Crippen molar-refractivity contribution in [2.24, 2.45) is 0 Å². The summed E-state index contributed by atoms with van der Waals surface area (Å²) in [5, 5.41) is 2.90. The Kier molecular flexibility index (Phi) is 4.41. The number of carbonyl (C=O) groups is 1. The van der Waals surface area contributed by atoms with Gasteiger partial charge in [-0.15, -0.1) is 0 Å². The second-order valence-electron chi connectivity index (χ2n) is 6.33. The highest BCUT2D eigenvalue weighted by atomic mass is 16.1. The molecule has 0 saturated carbocycles. The molecule has 0 saturated heterocycles. The van der Waals surface area contributed by atoms with E-state index in [9.17, 15) is 4.79 Å². The van der Waals surface area contributed by atoms with Crippen LogP contribution in [-0.2, 0) is 12.0 Å². The zero-order valence-corrected chi connectivity index (χ0v) is 13.1. The van der Waals surface area contributed by atoms with Crippen LogP contribution in [0.2, 0.25) is 0 Å². The maximum atomic E-state index is 12.1. The van der Waals surface area contributed by atoms with Gasteiger partial charge in [0.05, 0.1) is 12.2 Å². The van der Waals surface area contributed by atoms with Crippen molar-refractivity contribution < 1.29 is 4.79 Å². The summed E-state index contributed by atoms with van der Waals surface area (Å²) in [7, 11) is 0. The Morgan fingerprint density at radius 3 is 2.38 bits per heavy atom. The predicted octanol–water partition coefficient (Wildman–Crippen LogP) is 3.62. The van der Waals surface area contributed by atoms with Crippen LogP contribution in [0.5, 0.6) is 0 Å². The number of rotatable bonds is 3. The van der Waals surface area contributed by atoms with Crippen molar-refractivity contribution >= 4 is 5.91 Å². The van der Waals surface area contributed by atoms with Crippen LogP contribution in [-0.4, -0.2) is 10.9 Å². The number of aromatic nitrogens is 1. The summed E-state index contributed by atoms with van der Waals surface area (Å²) < 4.78 is 0. The molecule has 0 atom stereocenters. The Bertz CT molecular complexity index is 624. The molecule has 0 aliphatic heterocycles. The summed E-state index contributed by atoms with van der Waals surface area (Å²) in [5.74, 6) is -0.0706. The number of amides is 1. The molecule has 0 unspecified atom stereocenters. The molecular weight excluding hydrogens is 260 g/mol. The summed E-state index contributed by atoms with van der Waals surface area (Å²) in [6.45, 7) is 8.93. The number of hydrogen-bond acceptors (Lipinski definition) is 2. The van der Waals surface area contributed by atoms with Crippen molar-refractivity contribution in [2.45, 2.75) is 39.7 Å². The number of carbonyl (C=O) groups excluding carboxylic acids is 1. The number of aryl methyl sites for hydroxylation is 1. The van der Waals surface area contributed by atoms with E-state index < -0.39 is 0 Å². The molecule has 2 rings (SSSR count). The standard InChI is InChI=1S/C18H22N2O/c1-13-9-10-19-16(11-13)12-20-17(21)14-5-7-15(8-6-14)18(2,3)4/h5-11H,12H2,1-4H3,(H,20,21). The predicted molar refractivity (Wildman–Crippen MR) is 85.3 cm³/mol. The Balaban J connectivity index is 2.00. The lowest BCUT2D eigenvalue weighted by atomic mass is 9.87. The molecule has 2 aromatic rings. The van der Waals surface area contributed by atoms with E-state index in [2.05, 4.69) is 31.1 Å². The van der Waals surface area contributed by atoms with Gasteiger partial charge in [-0.2, -0.15) is 0 Å². The van der Waals surface area contributed by atoms with Gasteiger partial charge >= 0.3 is 0 Å². The van der Waals surface area contributed by atoms with Crippen molar-refractivity contribution in [3.8, 4) is 0 Å². The van der Waals surface area contributed by atoms with Crippen LogP contribution >= 0.6 is 0 Å². The average Bonchev–Trinajstić information content (AvgIpc) is 2.44. The second-order valence-corrected chi connectivity index (χ2v) is 6.33. The van der Waals surface area contributed by atoms with E-state index in [4.69, 9.17) is 0 Å². The van der Waals surface area contributed by atoms with Crippen molar-refractivity contribution in [2.75, 3.05) is 0 Å². The minimum Gasteiger partial charge on any atom is -0.346 e. The van der Waals surface area contributed by atoms with Crippen LogP contribution in [0.15, 0.2) is 42.6 Å². The molecule has 1 aromatic carbocycles. The first-order valence-corrected chi connectivity index (χ1v) is 7.16. The molecule has 110 valence electrons. The largest absolute Gasteiger partial charge is 0.346 e. The van der Waals surface area contributed by atoms with Crippen molar-refractivity contribution in [1.29, 1.82) is 0 Å².